The van der Waals surface area contributed by atoms with Gasteiger partial charge in [0.25, 0.3) is 0 Å². The lowest BCUT2D eigenvalue weighted by Gasteiger charge is -2.22. The number of nitrogens with zero attached hydrogens (tertiary/aromatic N) is 1. The van der Waals surface area contributed by atoms with Crippen molar-refractivity contribution in [3.05, 3.63) is 47.7 Å². The number of rotatable bonds is 7. The molecule has 7 nitrogen and oxygen atoms in total. The molecule has 2 heterocycles. The molecular weight excluding hydrogens is 470 g/mol. The number of benzene rings is 2. The van der Waals surface area contributed by atoms with Gasteiger partial charge in [-0.1, -0.05) is 26.8 Å². The highest BCUT2D eigenvalue weighted by Gasteiger charge is 2.52. The Hall–Kier alpha value is -3.33. The average Bonchev–Trinajstić information content (AvgIpc) is 3.44. The van der Waals surface area contributed by atoms with Gasteiger partial charge in [-0.05, 0) is 49.1 Å². The fourth-order valence-corrected chi connectivity index (χ4v) is 4.95. The van der Waals surface area contributed by atoms with E-state index in [1.165, 1.54) is 12.1 Å². The van der Waals surface area contributed by atoms with Gasteiger partial charge in [0.2, 0.25) is 5.91 Å². The van der Waals surface area contributed by atoms with Crippen molar-refractivity contribution in [1.82, 2.24) is 4.57 Å². The second-order valence-electron chi connectivity index (χ2n) is 10.5. The van der Waals surface area contributed by atoms with E-state index < -0.39 is 11.7 Å². The lowest BCUT2D eigenvalue weighted by molar-refractivity contribution is -0.286. The zero-order valence-corrected chi connectivity index (χ0v) is 20.8. The molecule has 1 saturated carbocycles. The number of methoxy groups -OCH3 is 1. The van der Waals surface area contributed by atoms with Crippen LogP contribution in [0.25, 0.3) is 10.9 Å². The molecule has 1 aliphatic heterocycles. The normalized spacial score (nSPS) is 17.3. The van der Waals surface area contributed by atoms with Gasteiger partial charge in [0.1, 0.15) is 5.75 Å². The van der Waals surface area contributed by atoms with Crippen molar-refractivity contribution < 1.29 is 32.9 Å². The summed E-state index contributed by atoms with van der Waals surface area (Å²) in [5, 5.41) is 13.3. The first-order valence-electron chi connectivity index (χ1n) is 12.0. The molecule has 0 atom stereocenters. The molecule has 2 aromatic carbocycles. The molecule has 0 saturated heterocycles. The molecule has 5 rings (SSSR count). The molecule has 2 aliphatic rings. The number of carbonyl (C=O) groups excluding carboxylic acids is 1. The molecule has 3 aromatic rings. The molecule has 0 spiro atoms. The second-order valence-corrected chi connectivity index (χ2v) is 10.5. The van der Waals surface area contributed by atoms with Gasteiger partial charge in [0.15, 0.2) is 11.5 Å². The van der Waals surface area contributed by atoms with Crippen molar-refractivity contribution >= 4 is 22.5 Å². The van der Waals surface area contributed by atoms with E-state index in [1.807, 2.05) is 6.07 Å². The van der Waals surface area contributed by atoms with E-state index in [1.54, 1.807) is 19.2 Å². The molecule has 1 amide bonds. The molecule has 1 aromatic heterocycles. The number of alkyl halides is 2. The van der Waals surface area contributed by atoms with Crippen molar-refractivity contribution in [1.29, 1.82) is 0 Å². The monoisotopic (exact) mass is 500 g/mol. The predicted octanol–water partition coefficient (Wildman–Crippen LogP) is 5.32. The number of hydrogen-bond acceptors (Lipinski definition) is 5. The number of amides is 1. The van der Waals surface area contributed by atoms with Crippen molar-refractivity contribution in [2.24, 2.45) is 0 Å². The Kier molecular flexibility index (Phi) is 5.66. The van der Waals surface area contributed by atoms with Crippen LogP contribution in [0.5, 0.6) is 17.2 Å². The van der Waals surface area contributed by atoms with Gasteiger partial charge in [0, 0.05) is 41.4 Å². The third kappa shape index (κ3) is 4.15. The second kappa shape index (κ2) is 8.37. The zero-order chi connectivity index (χ0) is 25.9. The summed E-state index contributed by atoms with van der Waals surface area (Å²) < 4.78 is 43.8. The van der Waals surface area contributed by atoms with Crippen LogP contribution < -0.4 is 19.5 Å². The number of halogens is 2. The number of anilines is 1. The Morgan fingerprint density at radius 3 is 2.50 bits per heavy atom. The molecule has 192 valence electrons. The highest BCUT2D eigenvalue weighted by molar-refractivity contribution is 6.03. The molecule has 1 aliphatic carbocycles. The lowest BCUT2D eigenvalue weighted by Crippen LogP contribution is -2.28. The summed E-state index contributed by atoms with van der Waals surface area (Å²) in [6.07, 6.45) is -1.90. The topological polar surface area (TPSA) is 82.0 Å². The predicted molar refractivity (Wildman–Crippen MR) is 131 cm³/mol. The maximum atomic E-state index is 13.4. The Morgan fingerprint density at radius 2 is 1.86 bits per heavy atom. The first-order valence-corrected chi connectivity index (χ1v) is 12.0. The number of aryl methyl sites for hydroxylation is 1. The molecular formula is C27H30F2N2O5. The van der Waals surface area contributed by atoms with Gasteiger partial charge in [-0.15, -0.1) is 8.78 Å². The van der Waals surface area contributed by atoms with E-state index in [4.69, 9.17) is 4.74 Å². The van der Waals surface area contributed by atoms with Gasteiger partial charge in [0.05, 0.1) is 18.0 Å². The SMILES string of the molecule is COc1cc(NC(=O)C2(c3ccc4c(c3)OC(F)(F)O4)CC2)cc2cc(C(C)(C)C)n(CCCO)c12. The van der Waals surface area contributed by atoms with E-state index in [0.29, 0.717) is 42.8 Å². The van der Waals surface area contributed by atoms with Crippen molar-refractivity contribution in [2.45, 2.75) is 63.7 Å². The van der Waals surface area contributed by atoms with Gasteiger partial charge in [-0.2, -0.15) is 0 Å². The summed E-state index contributed by atoms with van der Waals surface area (Å²) in [4.78, 5) is 13.4. The number of aliphatic hydroxyl groups excluding tert-OH is 1. The van der Waals surface area contributed by atoms with Gasteiger partial charge < -0.3 is 29.2 Å². The number of carbonyl (C=O) groups is 1. The number of aromatic nitrogens is 1. The van der Waals surface area contributed by atoms with Crippen LogP contribution in [0.1, 0.15) is 51.3 Å². The van der Waals surface area contributed by atoms with Gasteiger partial charge >= 0.3 is 6.29 Å². The largest absolute Gasteiger partial charge is 0.586 e. The lowest BCUT2D eigenvalue weighted by atomic mass is 9.92. The maximum absolute atomic E-state index is 13.4. The third-order valence-corrected chi connectivity index (χ3v) is 6.88. The van der Waals surface area contributed by atoms with Crippen molar-refractivity contribution in [3.63, 3.8) is 0 Å². The Labute approximate surface area is 207 Å². The Balaban J connectivity index is 1.47. The number of hydrogen-bond donors (Lipinski definition) is 2. The first-order chi connectivity index (χ1) is 17.0. The smallest absolute Gasteiger partial charge is 0.494 e. The minimum absolute atomic E-state index is 0.0458. The number of ether oxygens (including phenoxy) is 3. The van der Waals surface area contributed by atoms with Crippen molar-refractivity contribution in [2.75, 3.05) is 19.0 Å². The minimum Gasteiger partial charge on any atom is -0.494 e. The third-order valence-electron chi connectivity index (χ3n) is 6.88. The summed E-state index contributed by atoms with van der Waals surface area (Å²) in [5.74, 6) is 0.283. The highest BCUT2D eigenvalue weighted by Crippen LogP contribution is 2.52. The molecule has 1 fully saturated rings. The van der Waals surface area contributed by atoms with Crippen LogP contribution in [0, 0.1) is 0 Å². The fourth-order valence-electron chi connectivity index (χ4n) is 4.95. The first kappa shape index (κ1) is 24.4. The van der Waals surface area contributed by atoms with E-state index in [0.717, 1.165) is 16.6 Å². The van der Waals surface area contributed by atoms with Crippen LogP contribution in [-0.2, 0) is 22.2 Å². The molecule has 2 N–H and O–H groups in total. The van der Waals surface area contributed by atoms with Crippen LogP contribution in [0.2, 0.25) is 0 Å². The van der Waals surface area contributed by atoms with Gasteiger partial charge in [-0.3, -0.25) is 4.79 Å². The van der Waals surface area contributed by atoms with E-state index in [2.05, 4.69) is 46.2 Å². The minimum atomic E-state index is -3.70. The number of nitrogens with one attached hydrogen (secondary N) is 1. The zero-order valence-electron chi connectivity index (χ0n) is 20.8. The van der Waals surface area contributed by atoms with Crippen LogP contribution >= 0.6 is 0 Å². The standard InChI is InChI=1S/C27H30F2N2O5/c1-25(2,3)22-13-16-12-18(15-21(34-4)23(16)31(22)10-5-11-32)30-24(33)26(8-9-26)17-6-7-19-20(14-17)36-27(28,29)35-19/h6-7,12-15,32H,5,8-11H2,1-4H3,(H,30,33). The van der Waals surface area contributed by atoms with Gasteiger partial charge in [-0.25, -0.2) is 0 Å². The Bertz CT molecular complexity index is 1340. The molecule has 0 radical (unpaired) electrons. The summed E-state index contributed by atoms with van der Waals surface area (Å²) in [6.45, 7) is 7.11. The molecule has 36 heavy (non-hydrogen) atoms. The van der Waals surface area contributed by atoms with E-state index in [9.17, 15) is 18.7 Å². The van der Waals surface area contributed by atoms with Crippen LogP contribution in [0.3, 0.4) is 0 Å². The van der Waals surface area contributed by atoms with E-state index in [-0.39, 0.29) is 29.4 Å². The highest BCUT2D eigenvalue weighted by atomic mass is 19.3. The van der Waals surface area contributed by atoms with Crippen molar-refractivity contribution in [3.8, 4) is 17.2 Å². The number of fused-ring (bicyclic) bond motifs is 2. The van der Waals surface area contributed by atoms with Crippen LogP contribution in [-0.4, -0.2) is 35.6 Å². The molecule has 9 heteroatoms. The van der Waals surface area contributed by atoms with Crippen LogP contribution in [0.4, 0.5) is 14.5 Å². The molecule has 0 bridgehead atoms. The molecule has 0 unspecified atom stereocenters. The van der Waals surface area contributed by atoms with E-state index >= 15 is 0 Å². The Morgan fingerprint density at radius 1 is 1.14 bits per heavy atom. The summed E-state index contributed by atoms with van der Waals surface area (Å²) in [5.41, 5.74) is 2.25. The average molecular weight is 501 g/mol. The van der Waals surface area contributed by atoms with Crippen LogP contribution in [0.15, 0.2) is 36.4 Å². The number of aliphatic hydroxyl groups is 1. The maximum Gasteiger partial charge on any atom is 0.586 e. The quantitative estimate of drug-likeness (QED) is 0.459. The fraction of sp³-hybridized carbons (Fsp3) is 0.444. The summed E-state index contributed by atoms with van der Waals surface area (Å²) in [6, 6.07) is 10.3. The summed E-state index contributed by atoms with van der Waals surface area (Å²) in [7, 11) is 1.59. The summed E-state index contributed by atoms with van der Waals surface area (Å²) >= 11 is 0.